The number of halogens is 1. The van der Waals surface area contributed by atoms with Gasteiger partial charge in [-0.2, -0.15) is 0 Å². The van der Waals surface area contributed by atoms with E-state index in [1.807, 2.05) is 19.9 Å². The van der Waals surface area contributed by atoms with E-state index in [1.54, 1.807) is 6.07 Å². The Morgan fingerprint density at radius 2 is 2.05 bits per heavy atom. The molecule has 21 heavy (non-hydrogen) atoms. The average Bonchev–Trinajstić information content (AvgIpc) is 2.89. The molecule has 0 saturated heterocycles. The van der Waals surface area contributed by atoms with Gasteiger partial charge in [-0.15, -0.1) is 5.10 Å². The lowest BCUT2D eigenvalue weighted by Gasteiger charge is -2.21. The number of nitrogens with one attached hydrogen (secondary N) is 1. The van der Waals surface area contributed by atoms with Gasteiger partial charge < -0.3 is 5.32 Å². The minimum Gasteiger partial charge on any atom is -0.305 e. The van der Waals surface area contributed by atoms with Crippen LogP contribution in [0, 0.1) is 19.7 Å². The Kier molecular flexibility index (Phi) is 5.42. The van der Waals surface area contributed by atoms with Gasteiger partial charge in [0.05, 0.1) is 16.6 Å². The van der Waals surface area contributed by atoms with Crippen LogP contribution in [0.5, 0.6) is 0 Å². The fraction of sp³-hybridized carbons (Fsp3) is 0.500. The van der Waals surface area contributed by atoms with E-state index >= 15 is 0 Å². The van der Waals surface area contributed by atoms with Crippen LogP contribution in [0.15, 0.2) is 12.1 Å². The Morgan fingerprint density at radius 1 is 1.29 bits per heavy atom. The number of hydrogen-bond acceptors (Lipinski definition) is 4. The summed E-state index contributed by atoms with van der Waals surface area (Å²) in [4.78, 5) is 1.02. The van der Waals surface area contributed by atoms with E-state index in [2.05, 4.69) is 28.8 Å². The van der Waals surface area contributed by atoms with Crippen LogP contribution in [-0.2, 0) is 6.42 Å². The van der Waals surface area contributed by atoms with Gasteiger partial charge in [0.2, 0.25) is 0 Å². The van der Waals surface area contributed by atoms with Crippen molar-refractivity contribution in [2.75, 3.05) is 6.54 Å². The first-order chi connectivity index (χ1) is 10.1. The molecule has 114 valence electrons. The zero-order chi connectivity index (χ0) is 15.4. The molecule has 0 amide bonds. The molecule has 0 aliphatic rings. The molecule has 0 saturated carbocycles. The summed E-state index contributed by atoms with van der Waals surface area (Å²) in [5.74, 6) is -0.156. The van der Waals surface area contributed by atoms with Gasteiger partial charge in [-0.3, -0.25) is 0 Å². The lowest BCUT2D eigenvalue weighted by molar-refractivity contribution is 0.545. The van der Waals surface area contributed by atoms with Crippen LogP contribution in [0.1, 0.15) is 53.6 Å². The number of nitrogens with zero attached hydrogens (tertiary/aromatic N) is 2. The Bertz CT molecular complexity index is 586. The molecule has 1 N–H and O–H groups in total. The summed E-state index contributed by atoms with van der Waals surface area (Å²) < 4.78 is 18.6. The zero-order valence-corrected chi connectivity index (χ0v) is 13.9. The Balaban J connectivity index is 2.51. The first kappa shape index (κ1) is 16.0. The van der Waals surface area contributed by atoms with E-state index in [0.29, 0.717) is 0 Å². The van der Waals surface area contributed by atoms with E-state index in [0.717, 1.165) is 46.6 Å². The number of aromatic nitrogens is 2. The van der Waals surface area contributed by atoms with Gasteiger partial charge in [-0.05, 0) is 62.0 Å². The lowest BCUT2D eigenvalue weighted by Crippen LogP contribution is -2.25. The predicted octanol–water partition coefficient (Wildman–Crippen LogP) is 3.95. The molecule has 5 heteroatoms. The average molecular weight is 307 g/mol. The second-order valence-corrected chi connectivity index (χ2v) is 6.09. The fourth-order valence-electron chi connectivity index (χ4n) is 2.59. The van der Waals surface area contributed by atoms with E-state index in [4.69, 9.17) is 0 Å². The highest BCUT2D eigenvalue weighted by Crippen LogP contribution is 2.32. The van der Waals surface area contributed by atoms with Crippen molar-refractivity contribution in [2.24, 2.45) is 0 Å². The first-order valence-corrected chi connectivity index (χ1v) is 8.16. The lowest BCUT2D eigenvalue weighted by atomic mass is 9.96. The number of hydrogen-bond donors (Lipinski definition) is 1. The molecule has 0 fully saturated rings. The Morgan fingerprint density at radius 3 is 2.67 bits per heavy atom. The van der Waals surface area contributed by atoms with Crippen molar-refractivity contribution < 1.29 is 4.39 Å². The monoisotopic (exact) mass is 307 g/mol. The quantitative estimate of drug-likeness (QED) is 0.878. The molecule has 3 nitrogen and oxygen atoms in total. The van der Waals surface area contributed by atoms with Crippen molar-refractivity contribution in [3.8, 4) is 0 Å². The van der Waals surface area contributed by atoms with E-state index < -0.39 is 0 Å². The molecule has 0 bridgehead atoms. The van der Waals surface area contributed by atoms with Gasteiger partial charge in [0.25, 0.3) is 0 Å². The van der Waals surface area contributed by atoms with Crippen LogP contribution >= 0.6 is 11.5 Å². The first-order valence-electron chi connectivity index (χ1n) is 7.39. The summed E-state index contributed by atoms with van der Waals surface area (Å²) in [6.07, 6.45) is 1.80. The Labute approximate surface area is 129 Å². The number of aryl methyl sites for hydroxylation is 3. The van der Waals surface area contributed by atoms with E-state index in [9.17, 15) is 4.39 Å². The smallest absolute Gasteiger partial charge is 0.128 e. The van der Waals surface area contributed by atoms with Crippen LogP contribution in [-0.4, -0.2) is 16.1 Å². The fourth-order valence-corrected chi connectivity index (χ4v) is 3.41. The maximum atomic E-state index is 14.5. The Hall–Kier alpha value is -1.33. The highest BCUT2D eigenvalue weighted by atomic mass is 32.1. The van der Waals surface area contributed by atoms with Crippen LogP contribution < -0.4 is 5.32 Å². The molecule has 2 rings (SSSR count). The molecule has 1 atom stereocenters. The molecule has 0 aliphatic heterocycles. The topological polar surface area (TPSA) is 37.8 Å². The van der Waals surface area contributed by atoms with Crippen molar-refractivity contribution in [2.45, 2.75) is 46.6 Å². The van der Waals surface area contributed by atoms with Crippen LogP contribution in [0.25, 0.3) is 0 Å². The largest absolute Gasteiger partial charge is 0.305 e. The number of rotatable bonds is 6. The second-order valence-electron chi connectivity index (χ2n) is 5.30. The minimum absolute atomic E-state index is 0.156. The molecule has 0 aliphatic carbocycles. The van der Waals surface area contributed by atoms with Crippen molar-refractivity contribution in [1.29, 1.82) is 0 Å². The zero-order valence-electron chi connectivity index (χ0n) is 13.0. The number of benzene rings is 1. The molecular formula is C16H22FN3S. The third-order valence-electron chi connectivity index (χ3n) is 3.55. The van der Waals surface area contributed by atoms with Crippen LogP contribution in [0.3, 0.4) is 0 Å². The minimum atomic E-state index is -0.166. The summed E-state index contributed by atoms with van der Waals surface area (Å²) in [7, 11) is 0. The van der Waals surface area contributed by atoms with Crippen LogP contribution in [0.2, 0.25) is 0 Å². The van der Waals surface area contributed by atoms with Crippen molar-refractivity contribution in [3.05, 3.63) is 45.2 Å². The normalized spacial score (nSPS) is 12.6. The highest BCUT2D eigenvalue weighted by molar-refractivity contribution is 7.05. The summed E-state index contributed by atoms with van der Waals surface area (Å²) >= 11 is 1.36. The third-order valence-corrected chi connectivity index (χ3v) is 4.38. The van der Waals surface area contributed by atoms with Gasteiger partial charge in [-0.25, -0.2) is 4.39 Å². The van der Waals surface area contributed by atoms with Gasteiger partial charge in [0.15, 0.2) is 0 Å². The second kappa shape index (κ2) is 7.09. The maximum absolute atomic E-state index is 14.5. The molecule has 1 aromatic heterocycles. The maximum Gasteiger partial charge on any atom is 0.128 e. The molecule has 1 unspecified atom stereocenters. The highest BCUT2D eigenvalue weighted by Gasteiger charge is 2.24. The molecule has 2 aromatic rings. The van der Waals surface area contributed by atoms with Gasteiger partial charge in [0, 0.05) is 5.56 Å². The molecule has 0 spiro atoms. The van der Waals surface area contributed by atoms with Crippen LogP contribution in [0.4, 0.5) is 4.39 Å². The third kappa shape index (κ3) is 3.47. The van der Waals surface area contributed by atoms with Crippen molar-refractivity contribution in [1.82, 2.24) is 14.9 Å². The molecular weight excluding hydrogens is 285 g/mol. The summed E-state index contributed by atoms with van der Waals surface area (Å²) in [6.45, 7) is 8.87. The summed E-state index contributed by atoms with van der Waals surface area (Å²) in [6, 6.07) is 3.46. The van der Waals surface area contributed by atoms with Crippen molar-refractivity contribution >= 4 is 11.5 Å². The van der Waals surface area contributed by atoms with Gasteiger partial charge in [0.1, 0.15) is 5.82 Å². The standard InChI is InChI=1S/C16H22FN3S/c1-5-7-18-15(16-13(6-2)19-20-21-16)14-11(4)8-10(3)9-12(14)17/h8-9,15,18H,5-7H2,1-4H3. The van der Waals surface area contributed by atoms with E-state index in [1.165, 1.54) is 11.5 Å². The predicted molar refractivity (Wildman–Crippen MR) is 85.3 cm³/mol. The summed E-state index contributed by atoms with van der Waals surface area (Å²) in [5.41, 5.74) is 3.58. The van der Waals surface area contributed by atoms with Gasteiger partial charge in [-0.1, -0.05) is 24.4 Å². The van der Waals surface area contributed by atoms with Crippen molar-refractivity contribution in [3.63, 3.8) is 0 Å². The summed E-state index contributed by atoms with van der Waals surface area (Å²) in [5, 5.41) is 7.63. The molecule has 1 heterocycles. The SMILES string of the molecule is CCCNC(c1snnc1CC)c1c(C)cc(C)cc1F. The van der Waals surface area contributed by atoms with Gasteiger partial charge >= 0.3 is 0 Å². The van der Waals surface area contributed by atoms with E-state index in [-0.39, 0.29) is 11.9 Å². The molecule has 1 aromatic carbocycles. The molecule has 0 radical (unpaired) electrons.